The molecule has 1 atom stereocenters. The second kappa shape index (κ2) is 8.34. The highest BCUT2D eigenvalue weighted by Gasteiger charge is 2.33. The SMILES string of the molecule is CCOC(CC)(CC)C(N)CCCc1ccccc1. The van der Waals surface area contributed by atoms with Gasteiger partial charge in [0.15, 0.2) is 0 Å². The van der Waals surface area contributed by atoms with Crippen molar-refractivity contribution in [3.8, 4) is 0 Å². The van der Waals surface area contributed by atoms with Crippen molar-refractivity contribution >= 4 is 0 Å². The summed E-state index contributed by atoms with van der Waals surface area (Å²) in [6, 6.07) is 10.7. The molecule has 0 amide bonds. The van der Waals surface area contributed by atoms with E-state index in [1.165, 1.54) is 5.56 Å². The van der Waals surface area contributed by atoms with Crippen LogP contribution < -0.4 is 5.73 Å². The number of aryl methyl sites for hydroxylation is 1. The molecule has 2 heteroatoms. The smallest absolute Gasteiger partial charge is 0.0827 e. The van der Waals surface area contributed by atoms with Gasteiger partial charge in [-0.25, -0.2) is 0 Å². The first kappa shape index (κ1) is 16.2. The lowest BCUT2D eigenvalue weighted by atomic mass is 9.85. The van der Waals surface area contributed by atoms with Crippen LogP contribution in [-0.2, 0) is 11.2 Å². The zero-order valence-corrected chi connectivity index (χ0v) is 12.7. The summed E-state index contributed by atoms with van der Waals surface area (Å²) in [5, 5.41) is 0. The Bertz CT molecular complexity index is 332. The molecular formula is C17H29NO. The lowest BCUT2D eigenvalue weighted by molar-refractivity contribution is -0.0653. The van der Waals surface area contributed by atoms with Crippen LogP contribution in [0.25, 0.3) is 0 Å². The normalized spacial score (nSPS) is 13.5. The number of benzene rings is 1. The van der Waals surface area contributed by atoms with E-state index in [-0.39, 0.29) is 11.6 Å². The molecule has 2 N–H and O–H groups in total. The lowest BCUT2D eigenvalue weighted by Gasteiger charge is -2.37. The van der Waals surface area contributed by atoms with E-state index < -0.39 is 0 Å². The van der Waals surface area contributed by atoms with Gasteiger partial charge in [-0.3, -0.25) is 0 Å². The highest BCUT2D eigenvalue weighted by atomic mass is 16.5. The van der Waals surface area contributed by atoms with Crippen molar-refractivity contribution in [2.24, 2.45) is 5.73 Å². The van der Waals surface area contributed by atoms with Crippen molar-refractivity contribution in [2.75, 3.05) is 6.61 Å². The molecule has 108 valence electrons. The molecule has 0 aromatic heterocycles. The van der Waals surface area contributed by atoms with Crippen molar-refractivity contribution < 1.29 is 4.74 Å². The largest absolute Gasteiger partial charge is 0.374 e. The average Bonchev–Trinajstić information content (AvgIpc) is 2.46. The van der Waals surface area contributed by atoms with Crippen LogP contribution in [-0.4, -0.2) is 18.2 Å². The molecule has 19 heavy (non-hydrogen) atoms. The third-order valence-electron chi connectivity index (χ3n) is 4.13. The Morgan fingerprint density at radius 1 is 1.11 bits per heavy atom. The van der Waals surface area contributed by atoms with Crippen LogP contribution in [0.3, 0.4) is 0 Å². The summed E-state index contributed by atoms with van der Waals surface area (Å²) in [6.07, 6.45) is 5.23. The Morgan fingerprint density at radius 2 is 1.74 bits per heavy atom. The van der Waals surface area contributed by atoms with Gasteiger partial charge < -0.3 is 10.5 Å². The summed E-state index contributed by atoms with van der Waals surface area (Å²) in [6.45, 7) is 7.15. The second-order valence-electron chi connectivity index (χ2n) is 5.19. The lowest BCUT2D eigenvalue weighted by Crippen LogP contribution is -2.49. The van der Waals surface area contributed by atoms with Crippen molar-refractivity contribution in [2.45, 2.75) is 64.5 Å². The summed E-state index contributed by atoms with van der Waals surface area (Å²) in [5.41, 5.74) is 7.66. The van der Waals surface area contributed by atoms with Gasteiger partial charge in [0.25, 0.3) is 0 Å². The maximum atomic E-state index is 6.40. The standard InChI is InChI=1S/C17H29NO/c1-4-17(5-2,19-6-3)16(18)14-10-13-15-11-8-7-9-12-15/h7-9,11-12,16H,4-6,10,13-14,18H2,1-3H3. The van der Waals surface area contributed by atoms with Crippen LogP contribution in [0, 0.1) is 0 Å². The van der Waals surface area contributed by atoms with Gasteiger partial charge in [-0.05, 0) is 44.6 Å². The van der Waals surface area contributed by atoms with Gasteiger partial charge in [0.1, 0.15) is 0 Å². The van der Waals surface area contributed by atoms with Crippen molar-refractivity contribution in [1.82, 2.24) is 0 Å². The average molecular weight is 263 g/mol. The van der Waals surface area contributed by atoms with Crippen LogP contribution in [0.2, 0.25) is 0 Å². The van der Waals surface area contributed by atoms with Gasteiger partial charge in [-0.2, -0.15) is 0 Å². The highest BCUT2D eigenvalue weighted by Crippen LogP contribution is 2.26. The van der Waals surface area contributed by atoms with E-state index in [0.29, 0.717) is 0 Å². The molecule has 0 aliphatic heterocycles. The van der Waals surface area contributed by atoms with Crippen LogP contribution in [0.15, 0.2) is 30.3 Å². The number of ether oxygens (including phenoxy) is 1. The minimum atomic E-state index is -0.133. The molecule has 0 fully saturated rings. The number of rotatable bonds is 9. The molecule has 0 aliphatic rings. The van der Waals surface area contributed by atoms with E-state index in [0.717, 1.165) is 38.7 Å². The third-order valence-corrected chi connectivity index (χ3v) is 4.13. The minimum absolute atomic E-state index is 0.131. The fourth-order valence-corrected chi connectivity index (χ4v) is 2.81. The summed E-state index contributed by atoms with van der Waals surface area (Å²) in [7, 11) is 0. The monoisotopic (exact) mass is 263 g/mol. The fourth-order valence-electron chi connectivity index (χ4n) is 2.81. The maximum absolute atomic E-state index is 6.40. The molecule has 0 spiro atoms. The Morgan fingerprint density at radius 3 is 2.26 bits per heavy atom. The summed E-state index contributed by atoms with van der Waals surface area (Å²) < 4.78 is 5.97. The Kier molecular flexibility index (Phi) is 7.11. The van der Waals surface area contributed by atoms with Crippen molar-refractivity contribution in [3.63, 3.8) is 0 Å². The first-order valence-corrected chi connectivity index (χ1v) is 7.62. The van der Waals surface area contributed by atoms with Gasteiger partial charge >= 0.3 is 0 Å². The second-order valence-corrected chi connectivity index (χ2v) is 5.19. The maximum Gasteiger partial charge on any atom is 0.0827 e. The molecule has 0 bridgehead atoms. The fraction of sp³-hybridized carbons (Fsp3) is 0.647. The van der Waals surface area contributed by atoms with E-state index in [1.54, 1.807) is 0 Å². The molecule has 0 saturated heterocycles. The Labute approximate surface area is 118 Å². The van der Waals surface area contributed by atoms with E-state index in [4.69, 9.17) is 10.5 Å². The third kappa shape index (κ3) is 4.63. The molecule has 0 aliphatic carbocycles. The van der Waals surface area contributed by atoms with Gasteiger partial charge in [0.05, 0.1) is 5.60 Å². The quantitative estimate of drug-likeness (QED) is 0.732. The number of hydrogen-bond donors (Lipinski definition) is 1. The molecule has 1 aromatic carbocycles. The zero-order valence-electron chi connectivity index (χ0n) is 12.7. The molecule has 0 saturated carbocycles. The van der Waals surface area contributed by atoms with Gasteiger partial charge in [0.2, 0.25) is 0 Å². The molecule has 0 heterocycles. The highest BCUT2D eigenvalue weighted by molar-refractivity contribution is 5.14. The molecule has 0 radical (unpaired) electrons. The van der Waals surface area contributed by atoms with Crippen LogP contribution in [0.5, 0.6) is 0 Å². The number of nitrogens with two attached hydrogens (primary N) is 1. The van der Waals surface area contributed by atoms with Gasteiger partial charge in [-0.15, -0.1) is 0 Å². The van der Waals surface area contributed by atoms with Crippen molar-refractivity contribution in [3.05, 3.63) is 35.9 Å². The van der Waals surface area contributed by atoms with Gasteiger partial charge in [-0.1, -0.05) is 44.2 Å². The summed E-state index contributed by atoms with van der Waals surface area (Å²) in [5.74, 6) is 0. The molecule has 1 aromatic rings. The summed E-state index contributed by atoms with van der Waals surface area (Å²) >= 11 is 0. The van der Waals surface area contributed by atoms with Gasteiger partial charge in [0, 0.05) is 12.6 Å². The molecular weight excluding hydrogens is 234 g/mol. The Hall–Kier alpha value is -0.860. The molecule has 2 nitrogen and oxygen atoms in total. The van der Waals surface area contributed by atoms with Crippen LogP contribution in [0.1, 0.15) is 52.0 Å². The van der Waals surface area contributed by atoms with E-state index in [9.17, 15) is 0 Å². The molecule has 1 rings (SSSR count). The predicted octanol–water partition coefficient (Wildman–Crippen LogP) is 3.93. The minimum Gasteiger partial charge on any atom is -0.374 e. The van der Waals surface area contributed by atoms with Crippen molar-refractivity contribution in [1.29, 1.82) is 0 Å². The van der Waals surface area contributed by atoms with Crippen LogP contribution >= 0.6 is 0 Å². The van der Waals surface area contributed by atoms with E-state index >= 15 is 0 Å². The van der Waals surface area contributed by atoms with Crippen LogP contribution in [0.4, 0.5) is 0 Å². The van der Waals surface area contributed by atoms with E-state index in [2.05, 4.69) is 51.1 Å². The first-order chi connectivity index (χ1) is 9.18. The predicted molar refractivity (Wildman–Crippen MR) is 82.3 cm³/mol. The zero-order chi connectivity index (χ0) is 14.1. The first-order valence-electron chi connectivity index (χ1n) is 7.62. The van der Waals surface area contributed by atoms with E-state index in [1.807, 2.05) is 0 Å². The Balaban J connectivity index is 2.46. The molecule has 1 unspecified atom stereocenters. The number of hydrogen-bond acceptors (Lipinski definition) is 2. The summed E-state index contributed by atoms with van der Waals surface area (Å²) in [4.78, 5) is 0. The topological polar surface area (TPSA) is 35.2 Å².